The monoisotopic (exact) mass is 378 g/mol. The van der Waals surface area contributed by atoms with Gasteiger partial charge in [-0.3, -0.25) is 20.2 Å². The smallest absolute Gasteiger partial charge is 0.269 e. The Morgan fingerprint density at radius 2 is 1.57 bits per heavy atom. The van der Waals surface area contributed by atoms with Gasteiger partial charge in [-0.25, -0.2) is 0 Å². The van der Waals surface area contributed by atoms with E-state index in [4.69, 9.17) is 0 Å². The van der Waals surface area contributed by atoms with Crippen molar-refractivity contribution in [3.8, 4) is 0 Å². The molecule has 8 heteroatoms. The van der Waals surface area contributed by atoms with Crippen molar-refractivity contribution in [1.82, 2.24) is 5.43 Å². The summed E-state index contributed by atoms with van der Waals surface area (Å²) in [4.78, 5) is 20.9. The van der Waals surface area contributed by atoms with Gasteiger partial charge in [0.05, 0.1) is 21.6 Å². The third kappa shape index (κ3) is 3.36. The molecule has 0 bridgehead atoms. The molecule has 1 heterocycles. The lowest BCUT2D eigenvalue weighted by atomic mass is 9.78. The highest BCUT2D eigenvalue weighted by molar-refractivity contribution is 6.07. The molecule has 2 aromatic carbocycles. The van der Waals surface area contributed by atoms with E-state index < -0.39 is 9.85 Å². The summed E-state index contributed by atoms with van der Waals surface area (Å²) in [6, 6.07) is 13.1. The fraction of sp³-hybridized carbons (Fsp3) is 0.250. The molecule has 0 aromatic heterocycles. The normalized spacial score (nSPS) is 22.3. The molecule has 0 spiro atoms. The number of fused-ring (bicyclic) bond motifs is 1. The molecule has 142 valence electrons. The molecule has 1 N–H and O–H groups in total. The Morgan fingerprint density at radius 1 is 0.964 bits per heavy atom. The largest absolute Gasteiger partial charge is 0.302 e. The van der Waals surface area contributed by atoms with Gasteiger partial charge in [0.25, 0.3) is 11.4 Å². The van der Waals surface area contributed by atoms with E-state index in [-0.39, 0.29) is 23.3 Å². The van der Waals surface area contributed by atoms with E-state index in [2.05, 4.69) is 10.5 Å². The lowest BCUT2D eigenvalue weighted by Gasteiger charge is -2.26. The maximum Gasteiger partial charge on any atom is 0.269 e. The quantitative estimate of drug-likeness (QED) is 0.627. The first-order valence-corrected chi connectivity index (χ1v) is 9.06. The van der Waals surface area contributed by atoms with Crippen molar-refractivity contribution >= 4 is 23.2 Å². The zero-order valence-electron chi connectivity index (χ0n) is 14.9. The van der Waals surface area contributed by atoms with Crippen LogP contribution in [0, 0.1) is 26.1 Å². The van der Waals surface area contributed by atoms with Crippen LogP contribution in [0.25, 0.3) is 6.08 Å². The molecule has 8 nitrogen and oxygen atoms in total. The highest BCUT2D eigenvalue weighted by Crippen LogP contribution is 2.39. The number of allylic oxidation sites excluding steroid dienone is 1. The van der Waals surface area contributed by atoms with E-state index >= 15 is 0 Å². The number of nitrogens with zero attached hydrogens (tertiary/aromatic N) is 3. The number of hydrogen-bond donors (Lipinski definition) is 1. The molecule has 2 atom stereocenters. The summed E-state index contributed by atoms with van der Waals surface area (Å²) in [5.41, 5.74) is 7.35. The van der Waals surface area contributed by atoms with Crippen LogP contribution in [0.5, 0.6) is 0 Å². The predicted molar refractivity (Wildman–Crippen MR) is 105 cm³/mol. The molecule has 2 aliphatic rings. The molecule has 0 saturated heterocycles. The molecule has 4 rings (SSSR count). The highest BCUT2D eigenvalue weighted by Gasteiger charge is 2.36. The zero-order valence-corrected chi connectivity index (χ0v) is 14.9. The number of hydrogen-bond acceptors (Lipinski definition) is 6. The van der Waals surface area contributed by atoms with E-state index in [9.17, 15) is 20.2 Å². The highest BCUT2D eigenvalue weighted by atomic mass is 16.6. The van der Waals surface area contributed by atoms with Crippen molar-refractivity contribution in [1.29, 1.82) is 0 Å². The van der Waals surface area contributed by atoms with E-state index in [1.165, 1.54) is 24.3 Å². The fourth-order valence-corrected chi connectivity index (χ4v) is 3.87. The molecule has 1 aliphatic heterocycles. The van der Waals surface area contributed by atoms with E-state index in [0.717, 1.165) is 41.7 Å². The zero-order chi connectivity index (χ0) is 19.7. The average molecular weight is 378 g/mol. The Balaban J connectivity index is 1.56. The van der Waals surface area contributed by atoms with Gasteiger partial charge in [0.15, 0.2) is 0 Å². The van der Waals surface area contributed by atoms with Gasteiger partial charge in [0.2, 0.25) is 0 Å². The SMILES string of the molecule is O=[N+]([O-])c1ccc(C=C2CCCC3C2=NNC3c2ccc([N+](=O)[O-])cc2)cc1. The molecule has 2 aromatic rings. The number of nitro benzene ring substituents is 2. The summed E-state index contributed by atoms with van der Waals surface area (Å²) in [6.45, 7) is 0. The summed E-state index contributed by atoms with van der Waals surface area (Å²) in [5, 5.41) is 26.2. The number of non-ortho nitro benzene ring substituents is 2. The Hall–Kier alpha value is -3.55. The Labute approximate surface area is 160 Å². The molecule has 1 fully saturated rings. The van der Waals surface area contributed by atoms with Crippen molar-refractivity contribution in [2.45, 2.75) is 25.3 Å². The Morgan fingerprint density at radius 3 is 2.18 bits per heavy atom. The van der Waals surface area contributed by atoms with Crippen LogP contribution < -0.4 is 5.43 Å². The Kier molecular flexibility index (Phi) is 4.60. The van der Waals surface area contributed by atoms with Crippen LogP contribution in [0.1, 0.15) is 36.4 Å². The maximum atomic E-state index is 10.9. The van der Waals surface area contributed by atoms with Crippen molar-refractivity contribution < 1.29 is 9.85 Å². The fourth-order valence-electron chi connectivity index (χ4n) is 3.87. The molecule has 1 saturated carbocycles. The van der Waals surface area contributed by atoms with Gasteiger partial charge in [0.1, 0.15) is 0 Å². The van der Waals surface area contributed by atoms with Crippen molar-refractivity contribution in [2.24, 2.45) is 11.0 Å². The van der Waals surface area contributed by atoms with E-state index in [1.807, 2.05) is 6.08 Å². The van der Waals surface area contributed by atoms with Crippen molar-refractivity contribution in [3.63, 3.8) is 0 Å². The minimum absolute atomic E-state index is 0.00337. The predicted octanol–water partition coefficient (Wildman–Crippen LogP) is 4.39. The third-order valence-electron chi connectivity index (χ3n) is 5.28. The van der Waals surface area contributed by atoms with Gasteiger partial charge < -0.3 is 5.43 Å². The molecule has 0 radical (unpaired) electrons. The second-order valence-electron chi connectivity index (χ2n) is 6.97. The topological polar surface area (TPSA) is 111 Å². The molecule has 28 heavy (non-hydrogen) atoms. The third-order valence-corrected chi connectivity index (χ3v) is 5.28. The van der Waals surface area contributed by atoms with E-state index in [1.54, 1.807) is 24.3 Å². The summed E-state index contributed by atoms with van der Waals surface area (Å²) in [5.74, 6) is 0.208. The summed E-state index contributed by atoms with van der Waals surface area (Å²) < 4.78 is 0. The maximum absolute atomic E-state index is 10.9. The molecular formula is C20H18N4O4. The average Bonchev–Trinajstić information content (AvgIpc) is 3.13. The van der Waals surface area contributed by atoms with Crippen LogP contribution >= 0.6 is 0 Å². The van der Waals surface area contributed by atoms with Crippen LogP contribution in [0.3, 0.4) is 0 Å². The first kappa shape index (κ1) is 17.8. The lowest BCUT2D eigenvalue weighted by molar-refractivity contribution is -0.385. The number of benzene rings is 2. The lowest BCUT2D eigenvalue weighted by Crippen LogP contribution is -2.25. The van der Waals surface area contributed by atoms with Crippen molar-refractivity contribution in [2.75, 3.05) is 0 Å². The number of rotatable bonds is 4. The summed E-state index contributed by atoms with van der Waals surface area (Å²) in [7, 11) is 0. The molecule has 2 unspecified atom stereocenters. The van der Waals surface area contributed by atoms with Gasteiger partial charge in [-0.1, -0.05) is 12.1 Å². The second kappa shape index (κ2) is 7.22. The van der Waals surface area contributed by atoms with Crippen LogP contribution in [0.2, 0.25) is 0 Å². The molecule has 0 amide bonds. The van der Waals surface area contributed by atoms with Gasteiger partial charge in [0, 0.05) is 30.2 Å². The van der Waals surface area contributed by atoms with Crippen LogP contribution in [-0.4, -0.2) is 15.6 Å². The van der Waals surface area contributed by atoms with Crippen LogP contribution in [0.15, 0.2) is 59.2 Å². The van der Waals surface area contributed by atoms with Gasteiger partial charge in [-0.05, 0) is 54.2 Å². The Bertz CT molecular complexity index is 980. The first-order valence-electron chi connectivity index (χ1n) is 9.06. The molecule has 1 aliphatic carbocycles. The first-order chi connectivity index (χ1) is 13.5. The number of nitro groups is 2. The minimum Gasteiger partial charge on any atom is -0.302 e. The second-order valence-corrected chi connectivity index (χ2v) is 6.97. The van der Waals surface area contributed by atoms with E-state index in [0.29, 0.717) is 0 Å². The van der Waals surface area contributed by atoms with Gasteiger partial charge in [-0.15, -0.1) is 0 Å². The minimum atomic E-state index is -0.409. The van der Waals surface area contributed by atoms with Crippen LogP contribution in [0.4, 0.5) is 11.4 Å². The van der Waals surface area contributed by atoms with Crippen LogP contribution in [-0.2, 0) is 0 Å². The van der Waals surface area contributed by atoms with Crippen molar-refractivity contribution in [3.05, 3.63) is 85.5 Å². The van der Waals surface area contributed by atoms with Gasteiger partial charge in [-0.2, -0.15) is 5.10 Å². The number of nitrogens with one attached hydrogen (secondary N) is 1. The number of hydrazone groups is 1. The van der Waals surface area contributed by atoms with Gasteiger partial charge >= 0.3 is 0 Å². The summed E-state index contributed by atoms with van der Waals surface area (Å²) >= 11 is 0. The molecular weight excluding hydrogens is 360 g/mol. The standard InChI is InChI=1S/C20H18N4O4/c25-23(26)16-8-4-13(5-9-16)12-15-2-1-3-18-19(21-22-20(15)18)14-6-10-17(11-7-14)24(27)28/h4-12,18-19,21H,1-3H2. The summed E-state index contributed by atoms with van der Waals surface area (Å²) in [6.07, 6.45) is 4.95.